The number of hydrogen-bond acceptors (Lipinski definition) is 6. The van der Waals surface area contributed by atoms with Crippen LogP contribution in [0.25, 0.3) is 10.4 Å². The van der Waals surface area contributed by atoms with Gasteiger partial charge in [0.15, 0.2) is 5.72 Å². The smallest absolute Gasteiger partial charge is 0.330 e. The van der Waals surface area contributed by atoms with Gasteiger partial charge in [-0.15, -0.1) is 0 Å². The highest BCUT2D eigenvalue weighted by Gasteiger charge is 2.48. The number of azide groups is 1. The van der Waals surface area contributed by atoms with Crippen LogP contribution in [0.2, 0.25) is 0 Å². The summed E-state index contributed by atoms with van der Waals surface area (Å²) in [5, 5.41) is 22.4. The van der Waals surface area contributed by atoms with E-state index in [4.69, 9.17) is 10.3 Å². The molecule has 11 heteroatoms. The fourth-order valence-electron chi connectivity index (χ4n) is 1.92. The van der Waals surface area contributed by atoms with E-state index < -0.39 is 35.9 Å². The number of ether oxygens (including phenoxy) is 1. The van der Waals surface area contributed by atoms with Crippen molar-refractivity contribution in [2.45, 2.75) is 24.5 Å². The highest BCUT2D eigenvalue weighted by atomic mass is 79.9. The molecule has 0 aromatic carbocycles. The number of rotatable bonds is 3. The van der Waals surface area contributed by atoms with E-state index in [1.165, 1.54) is 6.20 Å². The fraction of sp³-hybridized carbons (Fsp3) is 0.556. The molecule has 0 spiro atoms. The molecule has 108 valence electrons. The van der Waals surface area contributed by atoms with Crippen molar-refractivity contribution >= 4 is 15.9 Å². The summed E-state index contributed by atoms with van der Waals surface area (Å²) in [5.74, 6) is 0. The number of aliphatic hydroxyl groups is 2. The van der Waals surface area contributed by atoms with E-state index >= 15 is 0 Å². The molecule has 10 nitrogen and oxygen atoms in total. The van der Waals surface area contributed by atoms with Crippen LogP contribution < -0.4 is 11.2 Å². The number of nitrogens with one attached hydrogen (secondary N) is 1. The van der Waals surface area contributed by atoms with Crippen molar-refractivity contribution in [2.24, 2.45) is 5.11 Å². The second kappa shape index (κ2) is 5.38. The van der Waals surface area contributed by atoms with Gasteiger partial charge in [0.1, 0.15) is 6.23 Å². The Bertz CT molecular complexity index is 680. The van der Waals surface area contributed by atoms with Crippen LogP contribution in [0.4, 0.5) is 0 Å². The molecule has 3 atom stereocenters. The summed E-state index contributed by atoms with van der Waals surface area (Å²) in [5.41, 5.74) is 5.27. The number of hydrogen-bond donors (Lipinski definition) is 3. The fourth-order valence-corrected chi connectivity index (χ4v) is 2.24. The predicted octanol–water partition coefficient (Wildman–Crippen LogP) is -0.422. The van der Waals surface area contributed by atoms with Crippen molar-refractivity contribution in [1.29, 1.82) is 0 Å². The molecule has 1 fully saturated rings. The molecule has 0 amide bonds. The third-order valence-corrected chi connectivity index (χ3v) is 3.53. The minimum Gasteiger partial charge on any atom is -0.393 e. The Morgan fingerprint density at radius 2 is 2.40 bits per heavy atom. The maximum Gasteiger partial charge on any atom is 0.330 e. The first-order chi connectivity index (χ1) is 9.43. The third kappa shape index (κ3) is 2.37. The lowest BCUT2D eigenvalue weighted by atomic mass is 10.1. The van der Waals surface area contributed by atoms with Gasteiger partial charge in [-0.2, -0.15) is 0 Å². The van der Waals surface area contributed by atoms with Gasteiger partial charge in [-0.25, -0.2) is 4.79 Å². The van der Waals surface area contributed by atoms with Crippen molar-refractivity contribution in [3.8, 4) is 0 Å². The highest BCUT2D eigenvalue weighted by Crippen LogP contribution is 2.37. The van der Waals surface area contributed by atoms with Crippen molar-refractivity contribution in [1.82, 2.24) is 9.55 Å². The van der Waals surface area contributed by atoms with Crippen LogP contribution in [0.1, 0.15) is 12.6 Å². The van der Waals surface area contributed by atoms with E-state index in [1.807, 2.05) is 0 Å². The Morgan fingerprint density at radius 3 is 3.00 bits per heavy atom. The molecule has 0 bridgehead atoms. The first-order valence-electron chi connectivity index (χ1n) is 5.47. The lowest BCUT2D eigenvalue weighted by Crippen LogP contribution is -2.41. The van der Waals surface area contributed by atoms with Gasteiger partial charge in [-0.1, -0.05) is 5.11 Å². The molecule has 1 aromatic rings. The van der Waals surface area contributed by atoms with E-state index in [0.717, 1.165) is 4.57 Å². The van der Waals surface area contributed by atoms with Gasteiger partial charge in [0.25, 0.3) is 5.56 Å². The Labute approximate surface area is 119 Å². The number of halogens is 1. The maximum atomic E-state index is 11.7. The summed E-state index contributed by atoms with van der Waals surface area (Å²) >= 11 is 2.97. The van der Waals surface area contributed by atoms with Crippen molar-refractivity contribution in [3.05, 3.63) is 42.0 Å². The van der Waals surface area contributed by atoms with E-state index in [9.17, 15) is 19.8 Å². The first-order valence-corrected chi connectivity index (χ1v) is 6.27. The second-order valence-corrected chi connectivity index (χ2v) is 5.01. The maximum absolute atomic E-state index is 11.7. The molecule has 0 unspecified atom stereocenters. The molecule has 1 aromatic heterocycles. The molecule has 0 radical (unpaired) electrons. The van der Waals surface area contributed by atoms with Gasteiger partial charge in [0.2, 0.25) is 0 Å². The minimum absolute atomic E-state index is 0.0853. The van der Waals surface area contributed by atoms with Gasteiger partial charge in [0.05, 0.1) is 17.2 Å². The lowest BCUT2D eigenvalue weighted by molar-refractivity contribution is -0.124. The molecule has 0 saturated carbocycles. The van der Waals surface area contributed by atoms with Gasteiger partial charge in [-0.3, -0.25) is 14.3 Å². The average molecular weight is 348 g/mol. The lowest BCUT2D eigenvalue weighted by Gasteiger charge is -2.24. The molecule has 1 aliphatic rings. The van der Waals surface area contributed by atoms with Gasteiger partial charge >= 0.3 is 5.69 Å². The normalized spacial score (nSPS) is 29.1. The first kappa shape index (κ1) is 14.8. The molecule has 1 aliphatic heterocycles. The Hall–Kier alpha value is -1.65. The number of aromatic amines is 1. The summed E-state index contributed by atoms with van der Waals surface area (Å²) in [7, 11) is 0. The summed E-state index contributed by atoms with van der Waals surface area (Å²) in [6, 6.07) is 0. The van der Waals surface area contributed by atoms with Crippen LogP contribution in [-0.2, 0) is 4.74 Å². The largest absolute Gasteiger partial charge is 0.393 e. The molecule has 2 rings (SSSR count). The highest BCUT2D eigenvalue weighted by molar-refractivity contribution is 9.10. The molecule has 2 heterocycles. The average Bonchev–Trinajstić information content (AvgIpc) is 2.72. The number of aliphatic hydroxyl groups excluding tert-OH is 2. The van der Waals surface area contributed by atoms with Crippen LogP contribution in [-0.4, -0.2) is 38.2 Å². The van der Waals surface area contributed by atoms with Crippen molar-refractivity contribution in [3.63, 3.8) is 0 Å². The monoisotopic (exact) mass is 347 g/mol. The molecule has 3 N–H and O–H groups in total. The Kier molecular flexibility index (Phi) is 3.97. The second-order valence-electron chi connectivity index (χ2n) is 4.16. The molecule has 1 saturated heterocycles. The minimum atomic E-state index is -1.85. The quantitative estimate of drug-likeness (QED) is 0.384. The van der Waals surface area contributed by atoms with Crippen LogP contribution >= 0.6 is 15.9 Å². The van der Waals surface area contributed by atoms with Crippen LogP contribution in [0, 0.1) is 0 Å². The molecule has 0 aliphatic carbocycles. The van der Waals surface area contributed by atoms with E-state index in [0.29, 0.717) is 0 Å². The summed E-state index contributed by atoms with van der Waals surface area (Å²) in [6.45, 7) is -0.742. The van der Waals surface area contributed by atoms with Gasteiger partial charge < -0.3 is 14.9 Å². The van der Waals surface area contributed by atoms with Crippen LogP contribution in [0.15, 0.2) is 25.4 Å². The van der Waals surface area contributed by atoms with Gasteiger partial charge in [-0.05, 0) is 21.5 Å². The SMILES string of the molecule is [N-]=[N+]=N[C@]1(CO)O[C@@H](n2cc(Br)c(=O)[nH]c2=O)C[C@@H]1O. The topological polar surface area (TPSA) is 153 Å². The van der Waals surface area contributed by atoms with Crippen molar-refractivity contribution < 1.29 is 14.9 Å². The van der Waals surface area contributed by atoms with E-state index in [1.54, 1.807) is 0 Å². The van der Waals surface area contributed by atoms with Crippen LogP contribution in [0.5, 0.6) is 0 Å². The number of aromatic nitrogens is 2. The van der Waals surface area contributed by atoms with E-state index in [-0.39, 0.29) is 10.9 Å². The summed E-state index contributed by atoms with van der Waals surface area (Å²) in [4.78, 5) is 27.5. The van der Waals surface area contributed by atoms with Crippen molar-refractivity contribution in [2.75, 3.05) is 6.61 Å². The Morgan fingerprint density at radius 1 is 1.70 bits per heavy atom. The van der Waals surface area contributed by atoms with Crippen LogP contribution in [0.3, 0.4) is 0 Å². The zero-order chi connectivity index (χ0) is 14.9. The van der Waals surface area contributed by atoms with Gasteiger partial charge in [0, 0.05) is 17.5 Å². The molecule has 20 heavy (non-hydrogen) atoms. The summed E-state index contributed by atoms with van der Waals surface area (Å²) < 4.78 is 6.44. The number of nitrogens with zero attached hydrogens (tertiary/aromatic N) is 4. The molecular formula is C9H10BrN5O5. The van der Waals surface area contributed by atoms with E-state index in [2.05, 4.69) is 30.9 Å². The third-order valence-electron chi connectivity index (χ3n) is 2.96. The number of H-pyrrole nitrogens is 1. The molecular weight excluding hydrogens is 338 g/mol. The zero-order valence-corrected chi connectivity index (χ0v) is 11.5. The predicted molar refractivity (Wildman–Crippen MR) is 68.7 cm³/mol. The summed E-state index contributed by atoms with van der Waals surface area (Å²) in [6.07, 6.45) is -1.16. The standard InChI is InChI=1S/C9H10BrN5O5/c10-4-2-15(8(19)12-7(4)18)6-1-5(17)9(3-16,20-6)13-14-11/h2,5-6,16-17H,1,3H2,(H,12,18,19)/t5-,6+,9+/m0/s1. The Balaban J connectivity index is 2.43. The zero-order valence-electron chi connectivity index (χ0n) is 9.93.